The highest BCUT2D eigenvalue weighted by Crippen LogP contribution is 2.29. The third kappa shape index (κ3) is 3.31. The number of alkyl halides is 2. The van der Waals surface area contributed by atoms with E-state index in [2.05, 4.69) is 12.2 Å². The second kappa shape index (κ2) is 5.81. The van der Waals surface area contributed by atoms with Crippen molar-refractivity contribution in [1.82, 2.24) is 5.32 Å². The van der Waals surface area contributed by atoms with Crippen molar-refractivity contribution in [3.8, 4) is 0 Å². The molecule has 82 valence electrons. The molecule has 1 fully saturated rings. The van der Waals surface area contributed by atoms with Crippen LogP contribution in [0, 0.1) is 0 Å². The van der Waals surface area contributed by atoms with Crippen molar-refractivity contribution < 1.29 is 9.18 Å². The standard InChI is InChI=1S/C9H15ClFNOS/c1-2-14-7-5-3-4-6(7)12-9(13)8(10)11/h6-8H,2-5H2,1H3,(H,12,13). The fourth-order valence-electron chi connectivity index (χ4n) is 1.75. The minimum absolute atomic E-state index is 0.101. The van der Waals surface area contributed by atoms with Gasteiger partial charge < -0.3 is 5.32 Å². The van der Waals surface area contributed by atoms with E-state index in [0.29, 0.717) is 5.25 Å². The van der Waals surface area contributed by atoms with Crippen molar-refractivity contribution in [2.45, 2.75) is 43.1 Å². The van der Waals surface area contributed by atoms with Crippen LogP contribution in [0.1, 0.15) is 26.2 Å². The number of thioether (sulfide) groups is 1. The first kappa shape index (κ1) is 12.1. The third-order valence-electron chi connectivity index (χ3n) is 2.36. The number of hydrogen-bond donors (Lipinski definition) is 1. The molecular formula is C9H15ClFNOS. The molecule has 3 unspecified atom stereocenters. The number of hydrogen-bond acceptors (Lipinski definition) is 2. The minimum atomic E-state index is -1.91. The third-order valence-corrected chi connectivity index (χ3v) is 3.88. The molecule has 1 N–H and O–H groups in total. The summed E-state index contributed by atoms with van der Waals surface area (Å²) in [6, 6.07) is 0.101. The van der Waals surface area contributed by atoms with Crippen LogP contribution in [0.15, 0.2) is 0 Å². The maximum atomic E-state index is 12.4. The van der Waals surface area contributed by atoms with Gasteiger partial charge in [0.05, 0.1) is 0 Å². The molecule has 1 saturated carbocycles. The van der Waals surface area contributed by atoms with Crippen molar-refractivity contribution in [3.05, 3.63) is 0 Å². The van der Waals surface area contributed by atoms with Gasteiger partial charge in [0.2, 0.25) is 0 Å². The van der Waals surface area contributed by atoms with Gasteiger partial charge in [-0.2, -0.15) is 11.8 Å². The Morgan fingerprint density at radius 2 is 2.43 bits per heavy atom. The summed E-state index contributed by atoms with van der Waals surface area (Å²) in [7, 11) is 0. The molecule has 1 amide bonds. The van der Waals surface area contributed by atoms with Gasteiger partial charge in [-0.1, -0.05) is 24.9 Å². The van der Waals surface area contributed by atoms with Crippen molar-refractivity contribution in [2.24, 2.45) is 0 Å². The molecule has 0 saturated heterocycles. The van der Waals surface area contributed by atoms with Gasteiger partial charge in [0.25, 0.3) is 11.5 Å². The van der Waals surface area contributed by atoms with E-state index in [-0.39, 0.29) is 6.04 Å². The zero-order valence-electron chi connectivity index (χ0n) is 8.13. The molecule has 5 heteroatoms. The first-order valence-electron chi connectivity index (χ1n) is 4.85. The van der Waals surface area contributed by atoms with Gasteiger partial charge in [0, 0.05) is 11.3 Å². The normalized spacial score (nSPS) is 28.8. The number of carbonyl (C=O) groups is 1. The molecule has 1 aliphatic carbocycles. The molecule has 0 radical (unpaired) electrons. The monoisotopic (exact) mass is 239 g/mol. The van der Waals surface area contributed by atoms with E-state index in [1.54, 1.807) is 0 Å². The van der Waals surface area contributed by atoms with Gasteiger partial charge in [-0.3, -0.25) is 4.79 Å². The maximum absolute atomic E-state index is 12.4. The van der Waals surface area contributed by atoms with E-state index in [0.717, 1.165) is 25.0 Å². The van der Waals surface area contributed by atoms with E-state index in [4.69, 9.17) is 11.6 Å². The Morgan fingerprint density at radius 1 is 1.71 bits per heavy atom. The van der Waals surface area contributed by atoms with Gasteiger partial charge in [-0.05, 0) is 18.6 Å². The minimum Gasteiger partial charge on any atom is -0.349 e. The van der Waals surface area contributed by atoms with E-state index >= 15 is 0 Å². The van der Waals surface area contributed by atoms with Crippen LogP contribution >= 0.6 is 23.4 Å². The molecule has 1 rings (SSSR count). The van der Waals surface area contributed by atoms with Crippen molar-refractivity contribution in [2.75, 3.05) is 5.75 Å². The first-order valence-corrected chi connectivity index (χ1v) is 6.33. The predicted molar refractivity (Wildman–Crippen MR) is 58.5 cm³/mol. The molecule has 0 bridgehead atoms. The van der Waals surface area contributed by atoms with Crippen LogP contribution in [0.4, 0.5) is 4.39 Å². The molecule has 0 aromatic heterocycles. The van der Waals surface area contributed by atoms with Crippen LogP contribution < -0.4 is 5.32 Å². The Bertz CT molecular complexity index is 203. The number of nitrogens with one attached hydrogen (secondary N) is 1. The van der Waals surface area contributed by atoms with Crippen LogP contribution in [0.2, 0.25) is 0 Å². The molecule has 2 nitrogen and oxygen atoms in total. The quantitative estimate of drug-likeness (QED) is 0.763. The topological polar surface area (TPSA) is 29.1 Å². The summed E-state index contributed by atoms with van der Waals surface area (Å²) in [5.74, 6) is 0.331. The van der Waals surface area contributed by atoms with E-state index in [9.17, 15) is 9.18 Å². The lowest BCUT2D eigenvalue weighted by Gasteiger charge is -2.19. The molecular weight excluding hydrogens is 225 g/mol. The lowest BCUT2D eigenvalue weighted by Crippen LogP contribution is -2.41. The zero-order chi connectivity index (χ0) is 10.6. The van der Waals surface area contributed by atoms with E-state index in [1.165, 1.54) is 0 Å². The summed E-state index contributed by atoms with van der Waals surface area (Å²) in [5, 5.41) is 3.08. The highest BCUT2D eigenvalue weighted by Gasteiger charge is 2.29. The average molecular weight is 240 g/mol. The molecule has 1 aliphatic rings. The molecule has 3 atom stereocenters. The Balaban J connectivity index is 2.39. The highest BCUT2D eigenvalue weighted by atomic mass is 35.5. The lowest BCUT2D eigenvalue weighted by atomic mass is 10.2. The average Bonchev–Trinajstić information content (AvgIpc) is 2.53. The molecule has 0 heterocycles. The number of amides is 1. The predicted octanol–water partition coefficient (Wildman–Crippen LogP) is 2.31. The molecule has 0 aromatic rings. The first-order chi connectivity index (χ1) is 6.65. The second-order valence-electron chi connectivity index (χ2n) is 3.34. The summed E-state index contributed by atoms with van der Waals surface area (Å²) in [6.45, 7) is 2.08. The van der Waals surface area contributed by atoms with Crippen LogP contribution in [-0.4, -0.2) is 28.6 Å². The van der Waals surface area contributed by atoms with Crippen LogP contribution in [0.3, 0.4) is 0 Å². The zero-order valence-corrected chi connectivity index (χ0v) is 9.71. The largest absolute Gasteiger partial charge is 0.349 e. The van der Waals surface area contributed by atoms with E-state index in [1.807, 2.05) is 11.8 Å². The van der Waals surface area contributed by atoms with Gasteiger partial charge in [0.15, 0.2) is 0 Å². The molecule has 14 heavy (non-hydrogen) atoms. The van der Waals surface area contributed by atoms with Gasteiger partial charge in [-0.15, -0.1) is 0 Å². The van der Waals surface area contributed by atoms with Crippen LogP contribution in [0.5, 0.6) is 0 Å². The number of rotatable bonds is 4. The Labute approximate surface area is 93.0 Å². The highest BCUT2D eigenvalue weighted by molar-refractivity contribution is 7.99. The molecule has 0 spiro atoms. The maximum Gasteiger partial charge on any atom is 0.270 e. The van der Waals surface area contributed by atoms with Gasteiger partial charge in [0.1, 0.15) is 0 Å². The van der Waals surface area contributed by atoms with E-state index < -0.39 is 11.5 Å². The lowest BCUT2D eigenvalue weighted by molar-refractivity contribution is -0.123. The van der Waals surface area contributed by atoms with Crippen LogP contribution in [-0.2, 0) is 4.79 Å². The summed E-state index contributed by atoms with van der Waals surface area (Å²) in [6.07, 6.45) is 3.14. The van der Waals surface area contributed by atoms with Gasteiger partial charge >= 0.3 is 0 Å². The SMILES string of the molecule is CCSC1CCCC1NC(=O)C(F)Cl. The fraction of sp³-hybridized carbons (Fsp3) is 0.889. The Kier molecular flexibility index (Phi) is 5.02. The summed E-state index contributed by atoms with van der Waals surface area (Å²) in [4.78, 5) is 11.0. The summed E-state index contributed by atoms with van der Waals surface area (Å²) < 4.78 is 12.4. The Morgan fingerprint density at radius 3 is 3.00 bits per heavy atom. The Hall–Kier alpha value is 0.0400. The van der Waals surface area contributed by atoms with Gasteiger partial charge in [-0.25, -0.2) is 4.39 Å². The number of halogens is 2. The summed E-state index contributed by atoms with van der Waals surface area (Å²) >= 11 is 6.87. The molecule has 0 aromatic carbocycles. The molecule has 0 aliphatic heterocycles. The van der Waals surface area contributed by atoms with Crippen LogP contribution in [0.25, 0.3) is 0 Å². The smallest absolute Gasteiger partial charge is 0.270 e. The fourth-order valence-corrected chi connectivity index (χ4v) is 3.01. The summed E-state index contributed by atoms with van der Waals surface area (Å²) in [5.41, 5.74) is -1.91. The van der Waals surface area contributed by atoms with Crippen molar-refractivity contribution in [1.29, 1.82) is 0 Å². The van der Waals surface area contributed by atoms with Crippen molar-refractivity contribution >= 4 is 29.3 Å². The second-order valence-corrected chi connectivity index (χ2v) is 5.24. The number of carbonyl (C=O) groups excluding carboxylic acids is 1. The van der Waals surface area contributed by atoms with Crippen molar-refractivity contribution in [3.63, 3.8) is 0 Å².